The van der Waals surface area contributed by atoms with E-state index in [2.05, 4.69) is 10.4 Å². The SMILES string of the molecule is Cn1ccc(NC(=O)C2Cc3cc(Cl)ccc3O2)n1. The molecule has 1 unspecified atom stereocenters. The smallest absolute Gasteiger partial charge is 0.266 e. The molecule has 0 saturated carbocycles. The lowest BCUT2D eigenvalue weighted by Crippen LogP contribution is -2.31. The Labute approximate surface area is 115 Å². The summed E-state index contributed by atoms with van der Waals surface area (Å²) in [5.74, 6) is 1.03. The molecule has 0 bridgehead atoms. The van der Waals surface area contributed by atoms with Gasteiger partial charge in [0.05, 0.1) is 0 Å². The van der Waals surface area contributed by atoms with Crippen molar-refractivity contribution >= 4 is 23.3 Å². The first-order valence-electron chi connectivity index (χ1n) is 5.87. The number of carbonyl (C=O) groups excluding carboxylic acids is 1. The van der Waals surface area contributed by atoms with Gasteiger partial charge in [0.1, 0.15) is 5.75 Å². The number of aromatic nitrogens is 2. The Morgan fingerprint density at radius 1 is 1.53 bits per heavy atom. The summed E-state index contributed by atoms with van der Waals surface area (Å²) in [5.41, 5.74) is 0.952. The standard InChI is InChI=1S/C13H12ClN3O2/c1-17-5-4-12(16-17)15-13(18)11-7-8-6-9(14)2-3-10(8)19-11/h2-6,11H,7H2,1H3,(H,15,16,18). The van der Waals surface area contributed by atoms with E-state index in [-0.39, 0.29) is 5.91 Å². The minimum Gasteiger partial charge on any atom is -0.480 e. The maximum atomic E-state index is 12.1. The molecule has 1 atom stereocenters. The topological polar surface area (TPSA) is 56.2 Å². The van der Waals surface area contributed by atoms with Gasteiger partial charge in [0.25, 0.3) is 5.91 Å². The van der Waals surface area contributed by atoms with E-state index in [1.165, 1.54) is 0 Å². The lowest BCUT2D eigenvalue weighted by atomic mass is 10.1. The Kier molecular flexibility index (Phi) is 2.91. The summed E-state index contributed by atoms with van der Waals surface area (Å²) in [7, 11) is 1.79. The fourth-order valence-electron chi connectivity index (χ4n) is 2.05. The molecule has 0 fully saturated rings. The van der Waals surface area contributed by atoms with E-state index in [1.807, 2.05) is 6.07 Å². The maximum Gasteiger partial charge on any atom is 0.266 e. The van der Waals surface area contributed by atoms with Crippen LogP contribution in [0, 0.1) is 0 Å². The van der Waals surface area contributed by atoms with Crippen LogP contribution in [-0.4, -0.2) is 21.8 Å². The van der Waals surface area contributed by atoms with Crippen molar-refractivity contribution < 1.29 is 9.53 Å². The fraction of sp³-hybridized carbons (Fsp3) is 0.231. The average molecular weight is 278 g/mol. The van der Waals surface area contributed by atoms with Gasteiger partial charge in [-0.15, -0.1) is 0 Å². The van der Waals surface area contributed by atoms with Gasteiger partial charge in [-0.2, -0.15) is 5.10 Å². The Morgan fingerprint density at radius 2 is 2.37 bits per heavy atom. The average Bonchev–Trinajstić information content (AvgIpc) is 2.95. The highest BCUT2D eigenvalue weighted by molar-refractivity contribution is 6.30. The minimum atomic E-state index is -0.532. The van der Waals surface area contributed by atoms with Gasteiger partial charge >= 0.3 is 0 Å². The maximum absolute atomic E-state index is 12.1. The molecule has 1 N–H and O–H groups in total. The first-order valence-corrected chi connectivity index (χ1v) is 6.25. The molecule has 98 valence electrons. The van der Waals surface area contributed by atoms with E-state index in [1.54, 1.807) is 36.1 Å². The third kappa shape index (κ3) is 2.42. The normalized spacial score (nSPS) is 16.8. The number of hydrogen-bond acceptors (Lipinski definition) is 3. The Bertz CT molecular complexity index is 639. The highest BCUT2D eigenvalue weighted by Crippen LogP contribution is 2.31. The van der Waals surface area contributed by atoms with Crippen molar-refractivity contribution in [2.45, 2.75) is 12.5 Å². The van der Waals surface area contributed by atoms with Crippen LogP contribution in [-0.2, 0) is 18.3 Å². The summed E-state index contributed by atoms with van der Waals surface area (Å²) < 4.78 is 7.22. The molecule has 0 radical (unpaired) electrons. The highest BCUT2D eigenvalue weighted by Gasteiger charge is 2.29. The van der Waals surface area contributed by atoms with Gasteiger partial charge in [0.15, 0.2) is 11.9 Å². The van der Waals surface area contributed by atoms with Crippen LogP contribution in [0.25, 0.3) is 0 Å². The lowest BCUT2D eigenvalue weighted by Gasteiger charge is -2.09. The van der Waals surface area contributed by atoms with Crippen molar-refractivity contribution in [1.82, 2.24) is 9.78 Å². The van der Waals surface area contributed by atoms with Crippen molar-refractivity contribution in [1.29, 1.82) is 0 Å². The van der Waals surface area contributed by atoms with Crippen LogP contribution in [0.5, 0.6) is 5.75 Å². The molecule has 3 rings (SSSR count). The number of benzene rings is 1. The third-order valence-electron chi connectivity index (χ3n) is 2.95. The zero-order valence-electron chi connectivity index (χ0n) is 10.3. The van der Waals surface area contributed by atoms with Crippen LogP contribution >= 0.6 is 11.6 Å². The van der Waals surface area contributed by atoms with Gasteiger partial charge in [-0.3, -0.25) is 9.48 Å². The van der Waals surface area contributed by atoms with Gasteiger partial charge in [-0.1, -0.05) is 11.6 Å². The lowest BCUT2D eigenvalue weighted by molar-refractivity contribution is -0.122. The quantitative estimate of drug-likeness (QED) is 0.914. The van der Waals surface area contributed by atoms with Crippen molar-refractivity contribution in [2.24, 2.45) is 7.05 Å². The van der Waals surface area contributed by atoms with Gasteiger partial charge in [-0.05, 0) is 23.8 Å². The molecule has 2 aromatic rings. The van der Waals surface area contributed by atoms with Gasteiger partial charge in [-0.25, -0.2) is 0 Å². The summed E-state index contributed by atoms with van der Waals surface area (Å²) in [6.45, 7) is 0. The predicted molar refractivity (Wildman–Crippen MR) is 71.4 cm³/mol. The molecule has 6 heteroatoms. The molecule has 19 heavy (non-hydrogen) atoms. The Hall–Kier alpha value is -2.01. The van der Waals surface area contributed by atoms with Crippen LogP contribution in [0.3, 0.4) is 0 Å². The van der Waals surface area contributed by atoms with E-state index in [0.717, 1.165) is 5.56 Å². The molecule has 1 aromatic carbocycles. The Balaban J connectivity index is 1.70. The number of nitrogens with one attached hydrogen (secondary N) is 1. The van der Waals surface area contributed by atoms with E-state index < -0.39 is 6.10 Å². The molecule has 1 aliphatic heterocycles. The minimum absolute atomic E-state index is 0.203. The second-order valence-electron chi connectivity index (χ2n) is 4.43. The molecule has 1 aliphatic rings. The van der Waals surface area contributed by atoms with Crippen molar-refractivity contribution in [2.75, 3.05) is 5.32 Å². The van der Waals surface area contributed by atoms with Gasteiger partial charge in [0, 0.05) is 30.8 Å². The van der Waals surface area contributed by atoms with Crippen LogP contribution < -0.4 is 10.1 Å². The van der Waals surface area contributed by atoms with Crippen LogP contribution in [0.4, 0.5) is 5.82 Å². The van der Waals surface area contributed by atoms with Crippen molar-refractivity contribution in [3.8, 4) is 5.75 Å². The van der Waals surface area contributed by atoms with E-state index >= 15 is 0 Å². The number of hydrogen-bond donors (Lipinski definition) is 1. The second-order valence-corrected chi connectivity index (χ2v) is 4.86. The molecular weight excluding hydrogens is 266 g/mol. The molecule has 0 spiro atoms. The number of nitrogens with zero attached hydrogens (tertiary/aromatic N) is 2. The number of fused-ring (bicyclic) bond motifs is 1. The first-order chi connectivity index (χ1) is 9.11. The third-order valence-corrected chi connectivity index (χ3v) is 3.19. The number of ether oxygens (including phenoxy) is 1. The number of rotatable bonds is 2. The summed E-state index contributed by atoms with van der Waals surface area (Å²) in [6.07, 6.45) is 1.75. The number of halogens is 1. The highest BCUT2D eigenvalue weighted by atomic mass is 35.5. The number of anilines is 1. The molecule has 1 aromatic heterocycles. The largest absolute Gasteiger partial charge is 0.480 e. The molecule has 2 heterocycles. The number of amides is 1. The molecule has 1 amide bonds. The van der Waals surface area contributed by atoms with Crippen LogP contribution in [0.15, 0.2) is 30.5 Å². The zero-order chi connectivity index (χ0) is 13.4. The van der Waals surface area contributed by atoms with Gasteiger partial charge < -0.3 is 10.1 Å². The molecular formula is C13H12ClN3O2. The zero-order valence-corrected chi connectivity index (χ0v) is 11.0. The second kappa shape index (κ2) is 4.59. The van der Waals surface area contributed by atoms with E-state index in [0.29, 0.717) is 23.0 Å². The monoisotopic (exact) mass is 277 g/mol. The van der Waals surface area contributed by atoms with E-state index in [9.17, 15) is 4.79 Å². The van der Waals surface area contributed by atoms with Gasteiger partial charge in [0.2, 0.25) is 0 Å². The van der Waals surface area contributed by atoms with Crippen molar-refractivity contribution in [3.05, 3.63) is 41.0 Å². The molecule has 0 saturated heterocycles. The van der Waals surface area contributed by atoms with Crippen molar-refractivity contribution in [3.63, 3.8) is 0 Å². The van der Waals surface area contributed by atoms with Crippen LogP contribution in [0.2, 0.25) is 5.02 Å². The number of aryl methyl sites for hydroxylation is 1. The predicted octanol–water partition coefficient (Wildman–Crippen LogP) is 2.02. The fourth-order valence-corrected chi connectivity index (χ4v) is 2.25. The van der Waals surface area contributed by atoms with Crippen LogP contribution in [0.1, 0.15) is 5.56 Å². The molecule has 0 aliphatic carbocycles. The summed E-state index contributed by atoms with van der Waals surface area (Å²) in [6, 6.07) is 7.09. The molecule has 5 nitrogen and oxygen atoms in total. The number of carbonyl (C=O) groups is 1. The van der Waals surface area contributed by atoms with E-state index in [4.69, 9.17) is 16.3 Å². The first kappa shape index (κ1) is 12.0. The summed E-state index contributed by atoms with van der Waals surface area (Å²) >= 11 is 5.91. The Morgan fingerprint density at radius 3 is 3.11 bits per heavy atom. The summed E-state index contributed by atoms with van der Waals surface area (Å²) in [4.78, 5) is 12.1. The summed E-state index contributed by atoms with van der Waals surface area (Å²) in [5, 5.41) is 7.47.